The van der Waals surface area contributed by atoms with E-state index in [-0.39, 0.29) is 28.3 Å². The van der Waals surface area contributed by atoms with Crippen LogP contribution < -0.4 is 4.72 Å². The average Bonchev–Trinajstić information content (AvgIpc) is 3.19. The SMILES string of the molecule is CC(C)(C)C1=NC(C(C)(C)C)C(C(C)(C)C)=C2CC(NS(=O)(=O)N3CCCC3)CN12. The third kappa shape index (κ3) is 4.63. The predicted octanol–water partition coefficient (Wildman–Crippen LogP) is 4.16. The van der Waals surface area contributed by atoms with Crippen LogP contribution in [0.25, 0.3) is 0 Å². The number of nitrogens with zero attached hydrogens (tertiary/aromatic N) is 3. The van der Waals surface area contributed by atoms with Crippen LogP contribution in [0.4, 0.5) is 0 Å². The van der Waals surface area contributed by atoms with Gasteiger partial charge >= 0.3 is 0 Å². The molecule has 2 fully saturated rings. The molecule has 2 atom stereocenters. The molecule has 3 heterocycles. The molecule has 3 aliphatic heterocycles. The Labute approximate surface area is 184 Å². The Bertz CT molecular complexity index is 832. The van der Waals surface area contributed by atoms with Crippen LogP contribution in [-0.2, 0) is 10.2 Å². The lowest BCUT2D eigenvalue weighted by Crippen LogP contribution is -2.48. The van der Waals surface area contributed by atoms with Crippen molar-refractivity contribution in [1.29, 1.82) is 0 Å². The van der Waals surface area contributed by atoms with Crippen LogP contribution in [-0.4, -0.2) is 55.2 Å². The average molecular weight is 439 g/mol. The highest BCUT2D eigenvalue weighted by atomic mass is 32.2. The van der Waals surface area contributed by atoms with E-state index in [0.29, 0.717) is 19.6 Å². The summed E-state index contributed by atoms with van der Waals surface area (Å²) in [6.45, 7) is 22.0. The summed E-state index contributed by atoms with van der Waals surface area (Å²) >= 11 is 0. The summed E-state index contributed by atoms with van der Waals surface area (Å²) in [5.74, 6) is 1.08. The maximum Gasteiger partial charge on any atom is 0.279 e. The van der Waals surface area contributed by atoms with Gasteiger partial charge in [0.25, 0.3) is 10.2 Å². The second kappa shape index (κ2) is 7.59. The van der Waals surface area contributed by atoms with Gasteiger partial charge < -0.3 is 4.90 Å². The Balaban J connectivity index is 2.02. The minimum absolute atomic E-state index is 0.00859. The highest BCUT2D eigenvalue weighted by molar-refractivity contribution is 7.87. The fourth-order valence-electron chi connectivity index (χ4n) is 4.98. The molecule has 3 rings (SSSR count). The number of hydrogen-bond donors (Lipinski definition) is 1. The van der Waals surface area contributed by atoms with Gasteiger partial charge in [-0.2, -0.15) is 17.4 Å². The van der Waals surface area contributed by atoms with Crippen LogP contribution in [0.5, 0.6) is 0 Å². The van der Waals surface area contributed by atoms with Crippen molar-refractivity contribution in [3.05, 3.63) is 11.3 Å². The molecular formula is C23H42N4O2S. The van der Waals surface area contributed by atoms with Gasteiger partial charge in [0.1, 0.15) is 5.84 Å². The monoisotopic (exact) mass is 438 g/mol. The van der Waals surface area contributed by atoms with E-state index >= 15 is 0 Å². The molecule has 172 valence electrons. The molecule has 0 aromatic rings. The Morgan fingerprint density at radius 3 is 1.97 bits per heavy atom. The van der Waals surface area contributed by atoms with Gasteiger partial charge in [0.05, 0.1) is 6.04 Å². The van der Waals surface area contributed by atoms with E-state index < -0.39 is 10.2 Å². The maximum absolute atomic E-state index is 12.9. The molecule has 2 unspecified atom stereocenters. The van der Waals surface area contributed by atoms with Gasteiger partial charge in [-0.1, -0.05) is 62.3 Å². The summed E-state index contributed by atoms with van der Waals surface area (Å²) in [6, 6.07) is -0.0406. The van der Waals surface area contributed by atoms with Crippen molar-refractivity contribution in [2.45, 2.75) is 93.7 Å². The van der Waals surface area contributed by atoms with Gasteiger partial charge in [0, 0.05) is 43.2 Å². The number of nitrogens with one attached hydrogen (secondary N) is 1. The number of amidine groups is 1. The fraction of sp³-hybridized carbons (Fsp3) is 0.870. The first kappa shape index (κ1) is 23.7. The topological polar surface area (TPSA) is 65.0 Å². The van der Waals surface area contributed by atoms with Crippen LogP contribution in [0.2, 0.25) is 0 Å². The lowest BCUT2D eigenvalue weighted by molar-refractivity contribution is 0.285. The molecule has 7 heteroatoms. The van der Waals surface area contributed by atoms with Crippen molar-refractivity contribution in [2.75, 3.05) is 19.6 Å². The summed E-state index contributed by atoms with van der Waals surface area (Å²) in [5.41, 5.74) is 2.47. The van der Waals surface area contributed by atoms with Crippen molar-refractivity contribution in [3.8, 4) is 0 Å². The molecule has 0 radical (unpaired) electrons. The smallest absolute Gasteiger partial charge is 0.279 e. The highest BCUT2D eigenvalue weighted by Gasteiger charge is 2.47. The van der Waals surface area contributed by atoms with E-state index in [1.165, 1.54) is 11.3 Å². The predicted molar refractivity (Wildman–Crippen MR) is 125 cm³/mol. The second-order valence-corrected chi connectivity index (χ2v) is 14.0. The van der Waals surface area contributed by atoms with Crippen molar-refractivity contribution in [1.82, 2.24) is 13.9 Å². The van der Waals surface area contributed by atoms with Crippen LogP contribution in [0.15, 0.2) is 16.3 Å². The first-order valence-electron chi connectivity index (χ1n) is 11.4. The Hall–Kier alpha value is -0.920. The molecule has 6 nitrogen and oxygen atoms in total. The molecule has 1 N–H and O–H groups in total. The van der Waals surface area contributed by atoms with E-state index in [4.69, 9.17) is 4.99 Å². The molecule has 30 heavy (non-hydrogen) atoms. The van der Waals surface area contributed by atoms with E-state index in [1.54, 1.807) is 4.31 Å². The first-order valence-corrected chi connectivity index (χ1v) is 12.8. The molecule has 3 aliphatic rings. The molecule has 0 saturated carbocycles. The van der Waals surface area contributed by atoms with Crippen LogP contribution >= 0.6 is 0 Å². The van der Waals surface area contributed by atoms with Crippen molar-refractivity contribution >= 4 is 16.0 Å². The van der Waals surface area contributed by atoms with E-state index in [1.807, 2.05) is 0 Å². The largest absolute Gasteiger partial charge is 0.332 e. The minimum atomic E-state index is -3.44. The summed E-state index contributed by atoms with van der Waals surface area (Å²) in [6.07, 6.45) is 2.62. The Morgan fingerprint density at radius 1 is 0.933 bits per heavy atom. The molecule has 0 aliphatic carbocycles. The molecular weight excluding hydrogens is 396 g/mol. The van der Waals surface area contributed by atoms with Gasteiger partial charge in [-0.15, -0.1) is 0 Å². The summed E-state index contributed by atoms with van der Waals surface area (Å²) in [4.78, 5) is 7.64. The molecule has 0 bridgehead atoms. The third-order valence-corrected chi connectivity index (χ3v) is 7.96. The van der Waals surface area contributed by atoms with Gasteiger partial charge in [-0.3, -0.25) is 4.99 Å². The lowest BCUT2D eigenvalue weighted by atomic mass is 9.70. The third-order valence-electron chi connectivity index (χ3n) is 6.28. The molecule has 0 amide bonds. The standard InChI is InChI=1S/C23H42N4O2S/c1-21(2,3)18-17-14-16(25-30(28,29)26-12-10-11-13-26)15-27(17)20(23(7,8)9)24-19(18)22(4,5)6/h16,19,25H,10-15H2,1-9H3. The van der Waals surface area contributed by atoms with Gasteiger partial charge in [-0.25, -0.2) is 0 Å². The first-order chi connectivity index (χ1) is 13.5. The summed E-state index contributed by atoms with van der Waals surface area (Å²) in [7, 11) is -3.44. The second-order valence-electron chi connectivity index (χ2n) is 12.3. The molecule has 0 spiro atoms. The van der Waals surface area contributed by atoms with Crippen LogP contribution in [0, 0.1) is 16.2 Å². The van der Waals surface area contributed by atoms with Gasteiger partial charge in [-0.05, 0) is 29.2 Å². The quantitative estimate of drug-likeness (QED) is 0.719. The summed E-state index contributed by atoms with van der Waals surface area (Å²) in [5, 5.41) is 0. The van der Waals surface area contributed by atoms with Gasteiger partial charge in [0.2, 0.25) is 0 Å². The molecule has 0 aromatic carbocycles. The zero-order valence-corrected chi connectivity index (χ0v) is 21.3. The van der Waals surface area contributed by atoms with Crippen LogP contribution in [0.1, 0.15) is 81.6 Å². The number of rotatable bonds is 3. The zero-order chi connectivity index (χ0) is 22.7. The van der Waals surface area contributed by atoms with Gasteiger partial charge in [0.15, 0.2) is 0 Å². The van der Waals surface area contributed by atoms with Crippen LogP contribution in [0.3, 0.4) is 0 Å². The van der Waals surface area contributed by atoms with E-state index in [0.717, 1.165) is 25.1 Å². The van der Waals surface area contributed by atoms with Crippen molar-refractivity contribution in [3.63, 3.8) is 0 Å². The Kier molecular flexibility index (Phi) is 6.01. The van der Waals surface area contributed by atoms with Crippen molar-refractivity contribution in [2.24, 2.45) is 21.2 Å². The highest BCUT2D eigenvalue weighted by Crippen LogP contribution is 2.47. The van der Waals surface area contributed by atoms with E-state index in [9.17, 15) is 8.42 Å². The minimum Gasteiger partial charge on any atom is -0.332 e. The Morgan fingerprint density at radius 2 is 1.50 bits per heavy atom. The lowest BCUT2D eigenvalue weighted by Gasteiger charge is -2.45. The number of aliphatic imine (C=N–C) groups is 1. The fourth-order valence-corrected chi connectivity index (χ4v) is 6.45. The van der Waals surface area contributed by atoms with E-state index in [2.05, 4.69) is 71.9 Å². The van der Waals surface area contributed by atoms with Crippen molar-refractivity contribution < 1.29 is 8.42 Å². The normalized spacial score (nSPS) is 27.0. The molecule has 0 aromatic heterocycles. The maximum atomic E-state index is 12.9. The zero-order valence-electron chi connectivity index (χ0n) is 20.5. The number of fused-ring (bicyclic) bond motifs is 1. The molecule has 2 saturated heterocycles. The summed E-state index contributed by atoms with van der Waals surface area (Å²) < 4.78 is 30.5. The number of hydrogen-bond acceptors (Lipinski definition) is 4.